The maximum Gasteiger partial charge on any atom is 0.306 e. The molecule has 0 amide bonds. The molecule has 0 aromatic carbocycles. The molecular formula is C11H16N2O3. The molecule has 0 saturated heterocycles. The lowest BCUT2D eigenvalue weighted by Gasteiger charge is -2.05. The lowest BCUT2D eigenvalue weighted by molar-refractivity contribution is -0.140. The van der Waals surface area contributed by atoms with Crippen LogP contribution in [0.15, 0.2) is 18.2 Å². The van der Waals surface area contributed by atoms with Crippen molar-refractivity contribution >= 4 is 5.97 Å². The topological polar surface area (TPSA) is 60.5 Å². The number of esters is 1. The first-order chi connectivity index (χ1) is 7.76. The van der Waals surface area contributed by atoms with Crippen molar-refractivity contribution in [3.05, 3.63) is 23.9 Å². The van der Waals surface area contributed by atoms with Crippen molar-refractivity contribution in [2.45, 2.75) is 13.0 Å². The molecule has 1 N–H and O–H groups in total. The Balaban J connectivity index is 2.28. The fraction of sp³-hybridized carbons (Fsp3) is 0.455. The van der Waals surface area contributed by atoms with Gasteiger partial charge in [0.05, 0.1) is 26.3 Å². The molecule has 0 aliphatic rings. The molecule has 1 rings (SSSR count). The maximum atomic E-state index is 10.8. The van der Waals surface area contributed by atoms with Gasteiger partial charge in [-0.15, -0.1) is 0 Å². The number of pyridine rings is 1. The van der Waals surface area contributed by atoms with E-state index < -0.39 is 0 Å². The van der Waals surface area contributed by atoms with Crippen molar-refractivity contribution in [2.24, 2.45) is 0 Å². The molecule has 1 aromatic rings. The quantitative estimate of drug-likeness (QED) is 0.570. The second-order valence-electron chi connectivity index (χ2n) is 3.17. The highest BCUT2D eigenvalue weighted by Gasteiger charge is 2.00. The molecule has 0 unspecified atom stereocenters. The number of nitrogens with one attached hydrogen (secondary N) is 1. The van der Waals surface area contributed by atoms with Crippen molar-refractivity contribution in [2.75, 3.05) is 20.8 Å². The van der Waals surface area contributed by atoms with Crippen molar-refractivity contribution < 1.29 is 14.3 Å². The Labute approximate surface area is 94.8 Å². The van der Waals surface area contributed by atoms with E-state index in [0.29, 0.717) is 25.4 Å². The molecule has 1 aromatic heterocycles. The van der Waals surface area contributed by atoms with Gasteiger partial charge in [-0.1, -0.05) is 6.07 Å². The largest absolute Gasteiger partial charge is 0.481 e. The van der Waals surface area contributed by atoms with Gasteiger partial charge in [0.1, 0.15) is 0 Å². The summed E-state index contributed by atoms with van der Waals surface area (Å²) in [6.07, 6.45) is 0.362. The van der Waals surface area contributed by atoms with Crippen LogP contribution in [0.3, 0.4) is 0 Å². The van der Waals surface area contributed by atoms with E-state index in [9.17, 15) is 4.79 Å². The number of carbonyl (C=O) groups excluding carboxylic acids is 1. The van der Waals surface area contributed by atoms with Crippen LogP contribution in [0.5, 0.6) is 5.88 Å². The van der Waals surface area contributed by atoms with Crippen LogP contribution < -0.4 is 10.1 Å². The minimum absolute atomic E-state index is 0.217. The highest BCUT2D eigenvalue weighted by molar-refractivity contribution is 5.69. The summed E-state index contributed by atoms with van der Waals surface area (Å²) in [6.45, 7) is 1.18. The van der Waals surface area contributed by atoms with Crippen LogP contribution in [-0.4, -0.2) is 31.7 Å². The van der Waals surface area contributed by atoms with Gasteiger partial charge in [0, 0.05) is 19.2 Å². The van der Waals surface area contributed by atoms with Crippen LogP contribution in [0.4, 0.5) is 0 Å². The van der Waals surface area contributed by atoms with Crippen LogP contribution in [0, 0.1) is 0 Å². The molecule has 5 nitrogen and oxygen atoms in total. The third-order valence-electron chi connectivity index (χ3n) is 2.03. The zero-order chi connectivity index (χ0) is 11.8. The Morgan fingerprint density at radius 1 is 1.44 bits per heavy atom. The van der Waals surface area contributed by atoms with Gasteiger partial charge in [-0.3, -0.25) is 4.79 Å². The molecule has 0 bridgehead atoms. The zero-order valence-electron chi connectivity index (χ0n) is 9.53. The summed E-state index contributed by atoms with van der Waals surface area (Å²) in [5, 5.41) is 3.10. The average Bonchev–Trinajstić information content (AvgIpc) is 2.34. The zero-order valence-corrected chi connectivity index (χ0v) is 9.53. The number of ether oxygens (including phenoxy) is 2. The standard InChI is InChI=1S/C11H16N2O3/c1-15-10-5-3-4-9(13-10)8-12-7-6-11(14)16-2/h3-5,12H,6-8H2,1-2H3. The minimum Gasteiger partial charge on any atom is -0.481 e. The highest BCUT2D eigenvalue weighted by atomic mass is 16.5. The molecule has 0 atom stereocenters. The number of hydrogen-bond donors (Lipinski definition) is 1. The van der Waals surface area contributed by atoms with Crippen LogP contribution in [0.1, 0.15) is 12.1 Å². The summed E-state index contributed by atoms with van der Waals surface area (Å²) in [7, 11) is 2.96. The molecule has 0 fully saturated rings. The predicted octanol–water partition coefficient (Wildman–Crippen LogP) is 0.743. The van der Waals surface area contributed by atoms with E-state index in [1.807, 2.05) is 12.1 Å². The van der Waals surface area contributed by atoms with Gasteiger partial charge in [-0.2, -0.15) is 0 Å². The first-order valence-electron chi connectivity index (χ1n) is 5.03. The third kappa shape index (κ3) is 4.27. The molecule has 5 heteroatoms. The molecule has 16 heavy (non-hydrogen) atoms. The van der Waals surface area contributed by atoms with E-state index in [-0.39, 0.29) is 5.97 Å². The fourth-order valence-corrected chi connectivity index (χ4v) is 1.18. The van der Waals surface area contributed by atoms with Gasteiger partial charge in [0.2, 0.25) is 5.88 Å². The van der Waals surface area contributed by atoms with Crippen molar-refractivity contribution in [1.82, 2.24) is 10.3 Å². The van der Waals surface area contributed by atoms with E-state index in [4.69, 9.17) is 4.74 Å². The van der Waals surface area contributed by atoms with E-state index in [1.54, 1.807) is 13.2 Å². The second kappa shape index (κ2) is 6.79. The Morgan fingerprint density at radius 3 is 2.94 bits per heavy atom. The molecule has 0 radical (unpaired) electrons. The van der Waals surface area contributed by atoms with Gasteiger partial charge in [0.15, 0.2) is 0 Å². The maximum absolute atomic E-state index is 10.8. The number of aromatic nitrogens is 1. The van der Waals surface area contributed by atoms with Gasteiger partial charge < -0.3 is 14.8 Å². The number of carbonyl (C=O) groups is 1. The van der Waals surface area contributed by atoms with E-state index in [2.05, 4.69) is 15.0 Å². The molecule has 1 heterocycles. The molecule has 0 saturated carbocycles. The van der Waals surface area contributed by atoms with Crippen LogP contribution >= 0.6 is 0 Å². The average molecular weight is 224 g/mol. The third-order valence-corrected chi connectivity index (χ3v) is 2.03. The summed E-state index contributed by atoms with van der Waals surface area (Å²) in [4.78, 5) is 15.1. The normalized spacial score (nSPS) is 9.88. The van der Waals surface area contributed by atoms with Crippen molar-refractivity contribution in [1.29, 1.82) is 0 Å². The molecule has 0 spiro atoms. The number of nitrogens with zero attached hydrogens (tertiary/aromatic N) is 1. The van der Waals surface area contributed by atoms with E-state index in [1.165, 1.54) is 7.11 Å². The summed E-state index contributed by atoms with van der Waals surface area (Å²) in [6, 6.07) is 5.56. The predicted molar refractivity (Wildman–Crippen MR) is 59.1 cm³/mol. The Kier molecular flexibility index (Phi) is 5.28. The van der Waals surface area contributed by atoms with Crippen LogP contribution in [0.25, 0.3) is 0 Å². The lowest BCUT2D eigenvalue weighted by atomic mass is 10.3. The summed E-state index contributed by atoms with van der Waals surface area (Å²) in [5.41, 5.74) is 0.879. The molecular weight excluding hydrogens is 208 g/mol. The summed E-state index contributed by atoms with van der Waals surface area (Å²) >= 11 is 0. The Bertz CT molecular complexity index is 342. The fourth-order valence-electron chi connectivity index (χ4n) is 1.18. The van der Waals surface area contributed by atoms with Crippen molar-refractivity contribution in [3.8, 4) is 5.88 Å². The summed E-state index contributed by atoms with van der Waals surface area (Å²) in [5.74, 6) is 0.373. The lowest BCUT2D eigenvalue weighted by Crippen LogP contribution is -2.19. The highest BCUT2D eigenvalue weighted by Crippen LogP contribution is 2.05. The summed E-state index contributed by atoms with van der Waals surface area (Å²) < 4.78 is 9.53. The van der Waals surface area contributed by atoms with Crippen LogP contribution in [0.2, 0.25) is 0 Å². The second-order valence-corrected chi connectivity index (χ2v) is 3.17. The van der Waals surface area contributed by atoms with Gasteiger partial charge in [-0.05, 0) is 6.07 Å². The SMILES string of the molecule is COC(=O)CCNCc1cccc(OC)n1. The molecule has 0 aliphatic heterocycles. The molecule has 88 valence electrons. The van der Waals surface area contributed by atoms with Gasteiger partial charge in [-0.25, -0.2) is 4.98 Å². The number of hydrogen-bond acceptors (Lipinski definition) is 5. The van der Waals surface area contributed by atoms with Crippen LogP contribution in [-0.2, 0) is 16.1 Å². The number of rotatable bonds is 6. The Hall–Kier alpha value is -1.62. The Morgan fingerprint density at radius 2 is 2.25 bits per heavy atom. The van der Waals surface area contributed by atoms with E-state index >= 15 is 0 Å². The smallest absolute Gasteiger partial charge is 0.306 e. The first kappa shape index (κ1) is 12.4. The number of methoxy groups -OCH3 is 2. The first-order valence-corrected chi connectivity index (χ1v) is 5.03. The van der Waals surface area contributed by atoms with Gasteiger partial charge >= 0.3 is 5.97 Å². The monoisotopic (exact) mass is 224 g/mol. The minimum atomic E-state index is -0.217. The molecule has 0 aliphatic carbocycles. The van der Waals surface area contributed by atoms with Crippen molar-refractivity contribution in [3.63, 3.8) is 0 Å². The van der Waals surface area contributed by atoms with Gasteiger partial charge in [0.25, 0.3) is 0 Å². The van der Waals surface area contributed by atoms with E-state index in [0.717, 1.165) is 5.69 Å².